The van der Waals surface area contributed by atoms with Gasteiger partial charge in [-0.1, -0.05) is 41.0 Å². The lowest BCUT2D eigenvalue weighted by atomic mass is 10.2. The van der Waals surface area contributed by atoms with Crippen LogP contribution < -0.4 is 10.0 Å². The predicted molar refractivity (Wildman–Crippen MR) is 142 cm³/mol. The number of nitrogens with one attached hydrogen (secondary N) is 2. The van der Waals surface area contributed by atoms with Crippen molar-refractivity contribution in [3.05, 3.63) is 82.2 Å². The average molecular weight is 598 g/mol. The van der Waals surface area contributed by atoms with Gasteiger partial charge in [-0.05, 0) is 29.8 Å². The van der Waals surface area contributed by atoms with Crippen molar-refractivity contribution >= 4 is 57.0 Å². The van der Waals surface area contributed by atoms with Crippen LogP contribution in [-0.4, -0.2) is 59.7 Å². The number of carbonyl (C=O) groups is 4. The molecule has 15 heteroatoms. The Balaban J connectivity index is 0.00000124. The number of carbonyl (C=O) groups excluding carboxylic acids is 2. The third-order valence-corrected chi connectivity index (χ3v) is 7.35. The molecular formula is C24H24ClN3O9S2. The summed E-state index contributed by atoms with van der Waals surface area (Å²) in [4.78, 5) is 44.1. The summed E-state index contributed by atoms with van der Waals surface area (Å²) >= 11 is 7.45. The van der Waals surface area contributed by atoms with Crippen LogP contribution in [0.5, 0.6) is 0 Å². The van der Waals surface area contributed by atoms with Crippen molar-refractivity contribution in [1.29, 1.82) is 0 Å². The first-order valence-electron chi connectivity index (χ1n) is 11.0. The van der Waals surface area contributed by atoms with Gasteiger partial charge in [0.05, 0.1) is 29.3 Å². The van der Waals surface area contributed by atoms with Crippen LogP contribution in [0.4, 0.5) is 0 Å². The zero-order chi connectivity index (χ0) is 29.0. The molecule has 0 aliphatic rings. The van der Waals surface area contributed by atoms with E-state index in [1.54, 1.807) is 6.07 Å². The van der Waals surface area contributed by atoms with Gasteiger partial charge in [0.25, 0.3) is 11.9 Å². The molecule has 39 heavy (non-hydrogen) atoms. The first-order chi connectivity index (χ1) is 18.4. The fourth-order valence-electron chi connectivity index (χ4n) is 2.76. The highest BCUT2D eigenvalue weighted by atomic mass is 35.5. The number of halogens is 1. The van der Waals surface area contributed by atoms with Gasteiger partial charge in [-0.15, -0.1) is 11.8 Å². The average Bonchev–Trinajstić information content (AvgIpc) is 3.36. The second-order valence-corrected chi connectivity index (χ2v) is 10.8. The molecule has 208 valence electrons. The van der Waals surface area contributed by atoms with Crippen molar-refractivity contribution in [2.45, 2.75) is 24.1 Å². The topological polar surface area (TPSA) is 193 Å². The molecule has 0 saturated heterocycles. The molecule has 0 bridgehead atoms. The summed E-state index contributed by atoms with van der Waals surface area (Å²) < 4.78 is 32.0. The quantitative estimate of drug-likeness (QED) is 0.240. The summed E-state index contributed by atoms with van der Waals surface area (Å²) in [6.45, 7) is 0.556. The Morgan fingerprint density at radius 3 is 2.41 bits per heavy atom. The SMILES string of the molecule is CC(=O)O.O=C(CNC(=O)c1cc(CNS(=O)(=O)c2cccc(C(=O)O)c2)on1)CSCc1ccccc1Cl. The van der Waals surface area contributed by atoms with Gasteiger partial charge in [0.15, 0.2) is 17.2 Å². The molecule has 0 atom stereocenters. The van der Waals surface area contributed by atoms with E-state index in [1.807, 2.05) is 18.2 Å². The third kappa shape index (κ3) is 10.9. The Morgan fingerprint density at radius 1 is 1.05 bits per heavy atom. The van der Waals surface area contributed by atoms with Gasteiger partial charge in [0, 0.05) is 23.8 Å². The van der Waals surface area contributed by atoms with Crippen LogP contribution in [0, 0.1) is 0 Å². The summed E-state index contributed by atoms with van der Waals surface area (Å²) in [5.74, 6) is -2.15. The van der Waals surface area contributed by atoms with Crippen LogP contribution >= 0.6 is 23.4 Å². The maximum absolute atomic E-state index is 12.4. The van der Waals surface area contributed by atoms with E-state index in [-0.39, 0.29) is 46.5 Å². The number of hydrogen-bond acceptors (Lipinski definition) is 9. The van der Waals surface area contributed by atoms with E-state index in [4.69, 9.17) is 31.1 Å². The molecule has 0 aliphatic carbocycles. The zero-order valence-electron chi connectivity index (χ0n) is 20.4. The number of nitrogens with zero attached hydrogens (tertiary/aromatic N) is 1. The number of aliphatic carboxylic acids is 1. The molecule has 0 fully saturated rings. The maximum atomic E-state index is 12.4. The smallest absolute Gasteiger partial charge is 0.335 e. The van der Waals surface area contributed by atoms with Crippen molar-refractivity contribution in [3.63, 3.8) is 0 Å². The molecule has 1 heterocycles. The molecule has 0 saturated carbocycles. The lowest BCUT2D eigenvalue weighted by Gasteiger charge is -2.05. The van der Waals surface area contributed by atoms with Crippen LogP contribution in [0.15, 0.2) is 64.0 Å². The third-order valence-electron chi connectivity index (χ3n) is 4.54. The molecule has 3 aromatic rings. The Hall–Kier alpha value is -3.72. The number of carboxylic acids is 2. The van der Waals surface area contributed by atoms with E-state index in [9.17, 15) is 22.8 Å². The highest BCUT2D eigenvalue weighted by Crippen LogP contribution is 2.20. The number of aromatic nitrogens is 1. The monoisotopic (exact) mass is 597 g/mol. The maximum Gasteiger partial charge on any atom is 0.335 e. The number of hydrogen-bond donors (Lipinski definition) is 4. The fourth-order valence-corrected chi connectivity index (χ4v) is 4.98. The zero-order valence-corrected chi connectivity index (χ0v) is 22.8. The second kappa shape index (κ2) is 15.0. The van der Waals surface area contributed by atoms with E-state index < -0.39 is 27.9 Å². The number of ketones is 1. The fraction of sp³-hybridized carbons (Fsp3) is 0.208. The normalized spacial score (nSPS) is 10.7. The van der Waals surface area contributed by atoms with Crippen LogP contribution in [0.25, 0.3) is 0 Å². The molecule has 1 aromatic heterocycles. The molecule has 0 aliphatic heterocycles. The van der Waals surface area contributed by atoms with E-state index in [1.165, 1.54) is 36.0 Å². The van der Waals surface area contributed by atoms with Crippen molar-refractivity contribution in [2.24, 2.45) is 0 Å². The standard InChI is InChI=1S/C22H20ClN3O7S2.C2H4O2/c23-19-7-2-1-4-15(19)12-34-13-16(27)10-24-21(28)20-9-17(33-26-20)11-25-35(31,32)18-6-3-5-14(8-18)22(29)30;1-2(3)4/h1-9,25H,10-13H2,(H,24,28)(H,29,30);1H3,(H,3,4). The number of aromatic carboxylic acids is 1. The van der Waals surface area contributed by atoms with E-state index in [0.717, 1.165) is 18.6 Å². The van der Waals surface area contributed by atoms with Gasteiger partial charge in [-0.2, -0.15) is 0 Å². The Labute approximate surface area is 232 Å². The number of thioether (sulfide) groups is 1. The van der Waals surface area contributed by atoms with Gasteiger partial charge >= 0.3 is 5.97 Å². The molecule has 3 rings (SSSR count). The van der Waals surface area contributed by atoms with Crippen LogP contribution in [0.3, 0.4) is 0 Å². The molecule has 12 nitrogen and oxygen atoms in total. The number of carboxylic acid groups (broad SMARTS) is 2. The van der Waals surface area contributed by atoms with Gasteiger partial charge in [-0.3, -0.25) is 14.4 Å². The lowest BCUT2D eigenvalue weighted by molar-refractivity contribution is -0.134. The van der Waals surface area contributed by atoms with Crippen molar-refractivity contribution in [3.8, 4) is 0 Å². The van der Waals surface area contributed by atoms with Crippen LogP contribution in [-0.2, 0) is 31.9 Å². The van der Waals surface area contributed by atoms with Gasteiger partial charge < -0.3 is 20.1 Å². The first kappa shape index (κ1) is 31.5. The molecule has 4 N–H and O–H groups in total. The molecular weight excluding hydrogens is 574 g/mol. The van der Waals surface area contributed by atoms with Crippen LogP contribution in [0.2, 0.25) is 5.02 Å². The number of rotatable bonds is 12. The number of sulfonamides is 1. The molecule has 1 amide bonds. The first-order valence-corrected chi connectivity index (χ1v) is 14.0. The summed E-state index contributed by atoms with van der Waals surface area (Å²) in [7, 11) is -4.04. The number of benzene rings is 2. The number of Topliss-reactive ketones (excluding diaryl/α,β-unsaturated/α-hetero) is 1. The summed E-state index contributed by atoms with van der Waals surface area (Å²) in [6.07, 6.45) is 0. The summed E-state index contributed by atoms with van der Waals surface area (Å²) in [5.41, 5.74) is 0.614. The molecule has 2 aromatic carbocycles. The highest BCUT2D eigenvalue weighted by molar-refractivity contribution is 7.99. The predicted octanol–water partition coefficient (Wildman–Crippen LogP) is 2.83. The minimum Gasteiger partial charge on any atom is -0.481 e. The Kier molecular flexibility index (Phi) is 12.1. The minimum absolute atomic E-state index is 0.0507. The van der Waals surface area contributed by atoms with E-state index in [0.29, 0.717) is 10.8 Å². The van der Waals surface area contributed by atoms with Crippen molar-refractivity contribution < 1.29 is 42.3 Å². The summed E-state index contributed by atoms with van der Waals surface area (Å²) in [5, 5.41) is 23.1. The van der Waals surface area contributed by atoms with Crippen molar-refractivity contribution in [1.82, 2.24) is 15.2 Å². The van der Waals surface area contributed by atoms with E-state index in [2.05, 4.69) is 15.2 Å². The Bertz CT molecular complexity index is 1440. The molecule has 0 spiro atoms. The summed E-state index contributed by atoms with van der Waals surface area (Å²) in [6, 6.07) is 13.4. The molecule has 0 unspecified atom stereocenters. The second-order valence-electron chi connectivity index (χ2n) is 7.66. The lowest BCUT2D eigenvalue weighted by Crippen LogP contribution is -2.30. The van der Waals surface area contributed by atoms with Gasteiger partial charge in [0.2, 0.25) is 10.0 Å². The minimum atomic E-state index is -4.04. The van der Waals surface area contributed by atoms with Crippen molar-refractivity contribution in [2.75, 3.05) is 12.3 Å². The molecule has 0 radical (unpaired) electrons. The Morgan fingerprint density at radius 2 is 1.74 bits per heavy atom. The van der Waals surface area contributed by atoms with Gasteiger partial charge in [-0.25, -0.2) is 17.9 Å². The van der Waals surface area contributed by atoms with Gasteiger partial charge in [0.1, 0.15) is 0 Å². The number of amides is 1. The largest absolute Gasteiger partial charge is 0.481 e. The highest BCUT2D eigenvalue weighted by Gasteiger charge is 2.19. The van der Waals surface area contributed by atoms with E-state index >= 15 is 0 Å². The van der Waals surface area contributed by atoms with Crippen LogP contribution in [0.1, 0.15) is 39.1 Å².